The molecule has 52 heavy (non-hydrogen) atoms. The molecule has 10 rings (SSSR count). The molecule has 10 saturated heterocycles. The number of ketones is 1. The van der Waals surface area contributed by atoms with Crippen LogP contribution in [0.15, 0.2) is 24.3 Å². The lowest BCUT2D eigenvalue weighted by Gasteiger charge is -2.47. The molecule has 3 N–H and O–H groups in total. The summed E-state index contributed by atoms with van der Waals surface area (Å²) in [6, 6.07) is 0. The van der Waals surface area contributed by atoms with Gasteiger partial charge in [0.1, 0.15) is 36.3 Å². The second-order valence-electron chi connectivity index (χ2n) is 17.4. The Balaban J connectivity index is 0.994. The monoisotopic (exact) mass is 729 g/mol. The van der Waals surface area contributed by atoms with Gasteiger partial charge in [0, 0.05) is 58.1 Å². The molecule has 0 radical (unpaired) electrons. The van der Waals surface area contributed by atoms with Gasteiger partial charge < -0.3 is 53.5 Å². The van der Waals surface area contributed by atoms with Gasteiger partial charge in [0.05, 0.1) is 67.1 Å². The molecule has 0 aromatic rings. The first-order valence-corrected chi connectivity index (χ1v) is 20.2. The SMILES string of the molecule is C=C1C[C@@H]2CC[C@@]34C[C@@H]5O[C@@H]6C(O[C@H]7CCC(CC(=O)C[C@@H]8[C@@H](OC)[C@@H](C[C@H](O)CN)O[C@H]8CC8O[C@@H](CCC1O2)C[C@@H](C)C8=C)OC7[C@@H]6O3)[C@H]5O4. The number of fused-ring (bicyclic) bond motifs is 6. The standard InChI is InChI=1S/C40H59NO11/c1-19-11-24-5-7-28-20(2)12-26(45-28)9-10-40-17-33-36(51-40)37-38(50-33)39(52-40)35-29(49-37)8-6-25(47-35)13-22(42)14-27-31(16-30(46-24)21(19)3)48-32(34(27)44-4)15-23(43)18-41/h19,23-39,43H,2-3,5-18,41H2,1,4H3/t19-,23+,24+,25?,26+,27+,28?,29+,30?,31+,32-,33+,34-,35?,36+,37?,38-,39+,40+/m1/s1. The van der Waals surface area contributed by atoms with E-state index in [0.29, 0.717) is 25.7 Å². The van der Waals surface area contributed by atoms with Crippen molar-refractivity contribution in [3.63, 3.8) is 0 Å². The summed E-state index contributed by atoms with van der Waals surface area (Å²) in [6.07, 6.45) is 4.85. The minimum atomic E-state index is -0.780. The number of nitrogens with two attached hydrogens (primary N) is 1. The summed E-state index contributed by atoms with van der Waals surface area (Å²) in [7, 11) is 1.66. The van der Waals surface area contributed by atoms with Crippen LogP contribution in [0.1, 0.15) is 90.4 Å². The zero-order valence-electron chi connectivity index (χ0n) is 30.8. The fourth-order valence-electron chi connectivity index (χ4n) is 11.3. The van der Waals surface area contributed by atoms with E-state index in [-0.39, 0.29) is 122 Å². The summed E-state index contributed by atoms with van der Waals surface area (Å²) in [5.74, 6) is -0.619. The largest absolute Gasteiger partial charge is 0.392 e. The molecule has 1 spiro atoms. The molecule has 0 saturated carbocycles. The highest BCUT2D eigenvalue weighted by Crippen LogP contribution is 2.54. The number of hydrogen-bond donors (Lipinski definition) is 2. The fourth-order valence-corrected chi connectivity index (χ4v) is 11.3. The lowest BCUT2D eigenvalue weighted by atomic mass is 9.81. The molecule has 0 aliphatic carbocycles. The van der Waals surface area contributed by atoms with Crippen molar-refractivity contribution in [2.75, 3.05) is 13.7 Å². The minimum Gasteiger partial charge on any atom is -0.392 e. The zero-order chi connectivity index (χ0) is 35.9. The Hall–Kier alpha value is -1.29. The van der Waals surface area contributed by atoms with Crippen LogP contribution in [0.2, 0.25) is 0 Å². The second-order valence-corrected chi connectivity index (χ2v) is 17.4. The van der Waals surface area contributed by atoms with Gasteiger partial charge in [-0.25, -0.2) is 0 Å². The van der Waals surface area contributed by atoms with Gasteiger partial charge in [0.15, 0.2) is 5.79 Å². The molecule has 12 bridgehead atoms. The van der Waals surface area contributed by atoms with Gasteiger partial charge in [-0.1, -0.05) is 20.1 Å². The molecule has 0 aromatic heterocycles. The molecule has 12 nitrogen and oxygen atoms in total. The summed E-state index contributed by atoms with van der Waals surface area (Å²) in [4.78, 5) is 14.1. The summed E-state index contributed by atoms with van der Waals surface area (Å²) < 4.78 is 60.0. The van der Waals surface area contributed by atoms with E-state index < -0.39 is 18.0 Å². The van der Waals surface area contributed by atoms with E-state index in [1.54, 1.807) is 7.11 Å². The van der Waals surface area contributed by atoms with E-state index in [1.807, 2.05) is 0 Å². The third-order valence-corrected chi connectivity index (χ3v) is 14.0. The van der Waals surface area contributed by atoms with Gasteiger partial charge >= 0.3 is 0 Å². The smallest absolute Gasteiger partial charge is 0.172 e. The van der Waals surface area contributed by atoms with Gasteiger partial charge in [-0.2, -0.15) is 0 Å². The predicted octanol–water partition coefficient (Wildman–Crippen LogP) is 3.44. The summed E-state index contributed by atoms with van der Waals surface area (Å²) in [6.45, 7) is 11.3. The van der Waals surface area contributed by atoms with Gasteiger partial charge in [0.2, 0.25) is 0 Å². The molecule has 10 aliphatic heterocycles. The second kappa shape index (κ2) is 14.3. The predicted molar refractivity (Wildman–Crippen MR) is 186 cm³/mol. The van der Waals surface area contributed by atoms with E-state index in [0.717, 1.165) is 56.1 Å². The number of rotatable bonds is 4. The van der Waals surface area contributed by atoms with E-state index in [9.17, 15) is 9.90 Å². The first-order chi connectivity index (χ1) is 25.1. The maximum absolute atomic E-state index is 14.1. The number of ether oxygens (including phenoxy) is 9. The number of carbonyl (C=O) groups is 1. The lowest BCUT2D eigenvalue weighted by molar-refractivity contribution is -0.292. The van der Waals surface area contributed by atoms with E-state index in [4.69, 9.17) is 48.4 Å². The van der Waals surface area contributed by atoms with Crippen molar-refractivity contribution in [2.45, 2.75) is 194 Å². The first-order valence-electron chi connectivity index (χ1n) is 20.2. The van der Waals surface area contributed by atoms with Crippen LogP contribution < -0.4 is 5.73 Å². The quantitative estimate of drug-likeness (QED) is 0.409. The van der Waals surface area contributed by atoms with Gasteiger partial charge in [-0.15, -0.1) is 0 Å². The number of Topliss-reactive ketones (excluding diaryl/α,β-unsaturated/α-hetero) is 1. The van der Waals surface area contributed by atoms with Crippen molar-refractivity contribution in [2.24, 2.45) is 17.6 Å². The Kier molecular flexibility index (Phi) is 10.0. The van der Waals surface area contributed by atoms with Gasteiger partial charge in [0.25, 0.3) is 0 Å². The molecule has 5 unspecified atom stereocenters. The Labute approximate surface area is 307 Å². The highest BCUT2D eigenvalue weighted by atomic mass is 16.8. The number of aliphatic hydroxyl groups is 1. The number of carbonyl (C=O) groups excluding carboxylic acids is 1. The minimum absolute atomic E-state index is 0.0158. The molecule has 12 heteroatoms. The van der Waals surface area contributed by atoms with Crippen LogP contribution in [0.3, 0.4) is 0 Å². The Bertz CT molecular complexity index is 1380. The van der Waals surface area contributed by atoms with Crippen LogP contribution >= 0.6 is 0 Å². The van der Waals surface area contributed by atoms with Crippen LogP contribution in [-0.2, 0) is 47.4 Å². The van der Waals surface area contributed by atoms with Crippen molar-refractivity contribution in [3.8, 4) is 0 Å². The number of methoxy groups -OCH3 is 1. The van der Waals surface area contributed by atoms with Crippen molar-refractivity contribution in [1.29, 1.82) is 0 Å². The molecule has 0 aromatic carbocycles. The first kappa shape index (κ1) is 36.4. The number of hydrogen-bond acceptors (Lipinski definition) is 12. The van der Waals surface area contributed by atoms with Crippen molar-refractivity contribution in [1.82, 2.24) is 0 Å². The molecule has 10 fully saturated rings. The molecule has 0 amide bonds. The molecular formula is C40H59NO11. The van der Waals surface area contributed by atoms with Crippen LogP contribution in [0, 0.1) is 11.8 Å². The van der Waals surface area contributed by atoms with E-state index in [2.05, 4.69) is 20.1 Å². The van der Waals surface area contributed by atoms with Crippen LogP contribution in [-0.4, -0.2) is 128 Å². The molecular weight excluding hydrogens is 670 g/mol. The van der Waals surface area contributed by atoms with Crippen LogP contribution in [0.4, 0.5) is 0 Å². The van der Waals surface area contributed by atoms with Crippen molar-refractivity contribution < 1.29 is 52.5 Å². The Morgan fingerprint density at radius 2 is 1.56 bits per heavy atom. The molecule has 290 valence electrons. The third kappa shape index (κ3) is 6.59. The average molecular weight is 730 g/mol. The average Bonchev–Trinajstić information content (AvgIpc) is 3.79. The van der Waals surface area contributed by atoms with Gasteiger partial charge in [-0.05, 0) is 62.0 Å². The highest BCUT2D eigenvalue weighted by molar-refractivity contribution is 5.79. The topological polar surface area (TPSA) is 146 Å². The Morgan fingerprint density at radius 1 is 0.808 bits per heavy atom. The Morgan fingerprint density at radius 3 is 2.38 bits per heavy atom. The van der Waals surface area contributed by atoms with Crippen LogP contribution in [0.5, 0.6) is 0 Å². The maximum Gasteiger partial charge on any atom is 0.172 e. The normalized spacial score (nSPS) is 52.4. The number of aliphatic hydroxyl groups excluding tert-OH is 1. The van der Waals surface area contributed by atoms with E-state index >= 15 is 0 Å². The van der Waals surface area contributed by atoms with Crippen molar-refractivity contribution >= 4 is 5.78 Å². The molecule has 10 heterocycles. The maximum atomic E-state index is 14.1. The summed E-state index contributed by atoms with van der Waals surface area (Å²) >= 11 is 0. The van der Waals surface area contributed by atoms with Crippen LogP contribution in [0.25, 0.3) is 0 Å². The molecule has 19 atom stereocenters. The fraction of sp³-hybridized carbons (Fsp3) is 0.875. The lowest BCUT2D eigenvalue weighted by Crippen LogP contribution is -2.61. The highest BCUT2D eigenvalue weighted by Gasteiger charge is 2.68. The summed E-state index contributed by atoms with van der Waals surface area (Å²) in [5, 5.41) is 10.5. The van der Waals surface area contributed by atoms with Gasteiger partial charge in [-0.3, -0.25) is 4.79 Å². The molecule has 10 aliphatic rings. The summed E-state index contributed by atoms with van der Waals surface area (Å²) in [5.41, 5.74) is 8.01. The van der Waals surface area contributed by atoms with E-state index in [1.165, 1.54) is 0 Å². The third-order valence-electron chi connectivity index (χ3n) is 14.0. The van der Waals surface area contributed by atoms with Crippen molar-refractivity contribution in [3.05, 3.63) is 24.3 Å². The zero-order valence-corrected chi connectivity index (χ0v) is 30.8.